The lowest BCUT2D eigenvalue weighted by atomic mass is 9.76. The summed E-state index contributed by atoms with van der Waals surface area (Å²) in [7, 11) is 0. The van der Waals surface area contributed by atoms with Crippen molar-refractivity contribution in [2.75, 3.05) is 6.61 Å². The van der Waals surface area contributed by atoms with Gasteiger partial charge in [0.15, 0.2) is 5.78 Å². The van der Waals surface area contributed by atoms with E-state index in [1.165, 1.54) is 0 Å². The van der Waals surface area contributed by atoms with E-state index >= 15 is 0 Å². The first-order chi connectivity index (χ1) is 23.0. The molecule has 0 heterocycles. The summed E-state index contributed by atoms with van der Waals surface area (Å²) in [6, 6.07) is 29.9. The molecule has 4 aromatic carbocycles. The number of hydrogen-bond donors (Lipinski definition) is 3. The second-order valence-electron chi connectivity index (χ2n) is 13.3. The maximum absolute atomic E-state index is 12.8. The minimum Gasteiger partial charge on any atom is -0.511 e. The van der Waals surface area contributed by atoms with Gasteiger partial charge in [-0.1, -0.05) is 98.8 Å². The number of nitrogens with one attached hydrogen (secondary N) is 1. The van der Waals surface area contributed by atoms with Crippen LogP contribution in [0.5, 0.6) is 0 Å². The Morgan fingerprint density at radius 2 is 1.44 bits per heavy atom. The molecule has 0 saturated heterocycles. The fourth-order valence-corrected chi connectivity index (χ4v) is 6.73. The molecule has 8 nitrogen and oxygen atoms in total. The number of ketones is 1. The first-order valence-corrected chi connectivity index (χ1v) is 16.0. The third-order valence-corrected chi connectivity index (χ3v) is 9.04. The van der Waals surface area contributed by atoms with Crippen LogP contribution < -0.4 is 5.32 Å². The number of ether oxygens (including phenoxy) is 1. The predicted octanol–water partition coefficient (Wildman–Crippen LogP) is 8.18. The predicted molar refractivity (Wildman–Crippen MR) is 186 cm³/mol. The minimum absolute atomic E-state index is 0.0886. The van der Waals surface area contributed by atoms with Crippen molar-refractivity contribution in [2.45, 2.75) is 52.0 Å². The molecule has 0 radical (unpaired) electrons. The number of carbonyl (C=O) groups excluding carboxylic acids is 2. The molecule has 0 aromatic heterocycles. The van der Waals surface area contributed by atoms with Crippen LogP contribution in [-0.2, 0) is 20.7 Å². The number of aliphatic hydroxyl groups excluding tert-OH is 1. The molecule has 0 unspecified atom stereocenters. The zero-order valence-corrected chi connectivity index (χ0v) is 27.2. The Morgan fingerprint density at radius 3 is 2.00 bits per heavy atom. The van der Waals surface area contributed by atoms with E-state index in [0.29, 0.717) is 29.8 Å². The molecular weight excluding hydrogens is 604 g/mol. The normalized spacial score (nSPS) is 16.2. The third kappa shape index (κ3) is 6.93. The number of allylic oxidation sites excluding steroid dienone is 2. The smallest absolute Gasteiger partial charge is 0.407 e. The molecule has 1 amide bonds. The SMILES string of the molecule is CC(=Nc1ccc(-c2ccc(C[C@H](NC(=O)OCC3c4ccccc4-c4ccccc43)C(=O)O)cc2)cc1)C1=C(O)CC(C)(C)CC1=O. The van der Waals surface area contributed by atoms with Gasteiger partial charge in [-0.2, -0.15) is 0 Å². The Kier molecular flexibility index (Phi) is 9.00. The van der Waals surface area contributed by atoms with E-state index in [9.17, 15) is 24.6 Å². The zero-order chi connectivity index (χ0) is 34.0. The van der Waals surface area contributed by atoms with E-state index in [0.717, 1.165) is 38.9 Å². The molecule has 0 bridgehead atoms. The number of carboxylic acids is 1. The van der Waals surface area contributed by atoms with E-state index in [2.05, 4.69) is 22.4 Å². The molecule has 2 aliphatic carbocycles. The van der Waals surface area contributed by atoms with Crippen molar-refractivity contribution in [1.29, 1.82) is 0 Å². The topological polar surface area (TPSA) is 125 Å². The number of hydrogen-bond acceptors (Lipinski definition) is 6. The van der Waals surface area contributed by atoms with E-state index in [4.69, 9.17) is 4.74 Å². The summed E-state index contributed by atoms with van der Waals surface area (Å²) >= 11 is 0. The van der Waals surface area contributed by atoms with Gasteiger partial charge in [0.05, 0.1) is 17.0 Å². The second-order valence-corrected chi connectivity index (χ2v) is 13.3. The number of benzene rings is 4. The molecule has 0 aliphatic heterocycles. The van der Waals surface area contributed by atoms with Crippen LogP contribution in [-0.4, -0.2) is 46.4 Å². The first-order valence-electron chi connectivity index (χ1n) is 16.0. The highest BCUT2D eigenvalue weighted by atomic mass is 16.5. The number of Topliss-reactive ketones (excluding diaryl/α,β-unsaturated/α-hetero) is 1. The summed E-state index contributed by atoms with van der Waals surface area (Å²) in [6.07, 6.45) is 0.120. The van der Waals surface area contributed by atoms with Gasteiger partial charge in [-0.3, -0.25) is 9.79 Å². The average molecular weight is 643 g/mol. The van der Waals surface area contributed by atoms with Crippen molar-refractivity contribution in [3.05, 3.63) is 125 Å². The zero-order valence-electron chi connectivity index (χ0n) is 27.2. The van der Waals surface area contributed by atoms with Crippen molar-refractivity contribution in [1.82, 2.24) is 5.32 Å². The summed E-state index contributed by atoms with van der Waals surface area (Å²) in [4.78, 5) is 42.1. The Bertz CT molecular complexity index is 1890. The Balaban J connectivity index is 1.07. The lowest BCUT2D eigenvalue weighted by Gasteiger charge is -2.29. The minimum atomic E-state index is -1.16. The largest absolute Gasteiger partial charge is 0.511 e. The number of carbonyl (C=O) groups is 3. The van der Waals surface area contributed by atoms with Gasteiger partial charge in [0.25, 0.3) is 0 Å². The number of aliphatic hydroxyl groups is 1. The van der Waals surface area contributed by atoms with Gasteiger partial charge >= 0.3 is 12.1 Å². The van der Waals surface area contributed by atoms with E-state index in [1.807, 2.05) is 98.8 Å². The monoisotopic (exact) mass is 642 g/mol. The number of aliphatic carboxylic acids is 1. The van der Waals surface area contributed by atoms with Gasteiger partial charge in [0.2, 0.25) is 0 Å². The summed E-state index contributed by atoms with van der Waals surface area (Å²) in [5.41, 5.74) is 8.18. The molecule has 0 saturated carbocycles. The number of amides is 1. The van der Waals surface area contributed by atoms with Crippen LogP contribution in [0.1, 0.15) is 56.2 Å². The van der Waals surface area contributed by atoms with Crippen molar-refractivity contribution >= 4 is 29.2 Å². The van der Waals surface area contributed by atoms with Crippen LogP contribution in [0.3, 0.4) is 0 Å². The third-order valence-electron chi connectivity index (χ3n) is 9.04. The van der Waals surface area contributed by atoms with Crippen molar-refractivity contribution in [3.63, 3.8) is 0 Å². The van der Waals surface area contributed by atoms with E-state index < -0.39 is 18.1 Å². The number of carboxylic acid groups (broad SMARTS) is 1. The Hall–Kier alpha value is -5.50. The van der Waals surface area contributed by atoms with Crippen LogP contribution >= 0.6 is 0 Å². The van der Waals surface area contributed by atoms with Crippen LogP contribution in [0.15, 0.2) is 113 Å². The molecule has 1 atom stereocenters. The average Bonchev–Trinajstić information content (AvgIpc) is 3.37. The summed E-state index contributed by atoms with van der Waals surface area (Å²) in [5.74, 6) is -1.28. The molecule has 2 aliphatic rings. The lowest BCUT2D eigenvalue weighted by Crippen LogP contribution is -2.42. The van der Waals surface area contributed by atoms with Crippen LogP contribution in [0.2, 0.25) is 0 Å². The number of aliphatic imine (C=N–C) groups is 1. The van der Waals surface area contributed by atoms with Gasteiger partial charge < -0.3 is 20.3 Å². The highest BCUT2D eigenvalue weighted by molar-refractivity contribution is 6.23. The van der Waals surface area contributed by atoms with Gasteiger partial charge in [-0.15, -0.1) is 0 Å². The summed E-state index contributed by atoms with van der Waals surface area (Å²) in [6.45, 7) is 5.76. The molecular formula is C40H38N2O6. The fraction of sp³-hybridized carbons (Fsp3) is 0.250. The quantitative estimate of drug-likeness (QED) is 0.158. The molecule has 6 rings (SSSR count). The number of rotatable bonds is 9. The van der Waals surface area contributed by atoms with Crippen LogP contribution in [0.4, 0.5) is 10.5 Å². The number of fused-ring (bicyclic) bond motifs is 3. The molecule has 8 heteroatoms. The molecule has 3 N–H and O–H groups in total. The molecule has 0 spiro atoms. The maximum Gasteiger partial charge on any atom is 0.407 e. The number of nitrogens with zero attached hydrogens (tertiary/aromatic N) is 1. The molecule has 0 fully saturated rings. The Labute approximate surface area is 279 Å². The van der Waals surface area contributed by atoms with Gasteiger partial charge in [-0.05, 0) is 63.4 Å². The second kappa shape index (κ2) is 13.3. The van der Waals surface area contributed by atoms with Gasteiger partial charge in [0.1, 0.15) is 18.4 Å². The Morgan fingerprint density at radius 1 is 0.875 bits per heavy atom. The van der Waals surface area contributed by atoms with E-state index in [1.54, 1.807) is 6.92 Å². The van der Waals surface area contributed by atoms with Gasteiger partial charge in [0, 0.05) is 25.2 Å². The summed E-state index contributed by atoms with van der Waals surface area (Å²) in [5, 5.41) is 22.9. The highest BCUT2D eigenvalue weighted by Crippen LogP contribution is 2.44. The lowest BCUT2D eigenvalue weighted by molar-refractivity contribution is -0.139. The standard InChI is InChI=1S/C40H38N2O6/c1-24(37-35(43)21-40(2,3)22-36(37)44)41-28-18-16-27(17-19-28)26-14-12-25(13-15-26)20-34(38(45)46)42-39(47)48-23-33-31-10-6-4-8-29(31)30-9-5-7-11-32(30)33/h4-19,33-34,43H,20-23H2,1-3H3,(H,42,47)(H,45,46)/t34-/m0/s1. The fourth-order valence-electron chi connectivity index (χ4n) is 6.73. The van der Waals surface area contributed by atoms with Crippen molar-refractivity contribution in [3.8, 4) is 22.3 Å². The summed E-state index contributed by atoms with van der Waals surface area (Å²) < 4.78 is 5.57. The van der Waals surface area contributed by atoms with Crippen molar-refractivity contribution in [2.24, 2.45) is 10.4 Å². The molecule has 4 aromatic rings. The molecule has 48 heavy (non-hydrogen) atoms. The van der Waals surface area contributed by atoms with E-state index in [-0.39, 0.29) is 35.9 Å². The molecule has 244 valence electrons. The maximum atomic E-state index is 12.8. The van der Waals surface area contributed by atoms with Crippen molar-refractivity contribution < 1.29 is 29.3 Å². The highest BCUT2D eigenvalue weighted by Gasteiger charge is 2.34. The van der Waals surface area contributed by atoms with Gasteiger partial charge in [-0.25, -0.2) is 9.59 Å². The number of alkyl carbamates (subject to hydrolysis) is 1. The van der Waals surface area contributed by atoms with Crippen LogP contribution in [0.25, 0.3) is 22.3 Å². The van der Waals surface area contributed by atoms with Crippen LogP contribution in [0, 0.1) is 5.41 Å². The first kappa shape index (κ1) is 32.4.